The number of carboxylic acid groups (broad SMARTS) is 1. The molecular formula is C73H162AgF3O27SSi11. The molecule has 0 saturated heterocycles. The molecule has 0 aromatic carbocycles. The number of esters is 5. The smallest absolute Gasteiger partial charge is 0.748 e. The van der Waals surface area contributed by atoms with Gasteiger partial charge in [-0.25, -0.2) is 13.2 Å². The van der Waals surface area contributed by atoms with Crippen LogP contribution in [-0.4, -0.2) is 219 Å². The van der Waals surface area contributed by atoms with Gasteiger partial charge in [-0.2, -0.15) is 13.2 Å². The van der Waals surface area contributed by atoms with Gasteiger partial charge in [0.05, 0.1) is 76.5 Å². The van der Waals surface area contributed by atoms with E-state index in [0.717, 1.165) is 38.1 Å². The van der Waals surface area contributed by atoms with Crippen LogP contribution in [0.3, 0.4) is 0 Å². The van der Waals surface area contributed by atoms with Crippen molar-refractivity contribution in [2.75, 3.05) is 59.1 Å². The number of alkyl halides is 3. The van der Waals surface area contributed by atoms with Crippen LogP contribution >= 0.6 is 0 Å². The summed E-state index contributed by atoms with van der Waals surface area (Å²) < 4.78 is 170. The molecule has 0 amide bonds. The Morgan fingerprint density at radius 2 is 0.767 bits per heavy atom. The summed E-state index contributed by atoms with van der Waals surface area (Å²) in [6, 6.07) is 0.872. The molecule has 0 radical (unpaired) electrons. The first-order valence-electron chi connectivity index (χ1n) is 40.3. The molecule has 0 aromatic heterocycles. The number of hydrogen-bond acceptors (Lipinski definition) is 26. The minimum atomic E-state index is -5.27. The summed E-state index contributed by atoms with van der Waals surface area (Å²) in [5, 5.41) is 8.44. The standard InChI is InChI=1S/C32H86O12Si11.C13H26O2.C11H17F3O7S.C11H22O4.C6H12O2.Ag/c1-27-32(2,3)31(33)34-29-28-30-46(7,8)36-48(11,12)38-50(15,16)40-52(19,20)42-54(23,24)44-55(25,26)43-53(21,22)41-51(17,18)39-49(13,14)37-47(9,10)35-45(4,5)6;1-5-8-9-12(7-3)10-15-13(14)11(4)6-2;1-4-10(2,3)9(16)20-5-8(15)21-7(11(12,13)14)6-22(17,18)19;1-5-11(2,3)10(12)15-9-8-14-7-6-13-4;1-4-6(2,3)5(7)8;/h27-30H2,1-26H3;11-12H,5-10H2,1-4H3;7H,4-6H2,1-3H3,(H,17,18,19);5-9H2,1-4H3;4H2,1-3H3,(H,7,8);/q;;;;;+1/p-1. The number of carboxylic acids is 1. The van der Waals surface area contributed by atoms with Crippen molar-refractivity contribution in [2.45, 2.75) is 344 Å². The molecule has 0 aliphatic carbocycles. The Bertz CT molecular complexity index is 2960. The number of aliphatic carboxylic acids is 1. The summed E-state index contributed by atoms with van der Waals surface area (Å²) in [4.78, 5) is 68.3. The zero-order chi connectivity index (χ0) is 92.2. The third kappa shape index (κ3) is 64.9. The number of carbonyl (C=O) groups is 6. The van der Waals surface area contributed by atoms with E-state index in [1.165, 1.54) is 33.1 Å². The molecule has 27 nitrogen and oxygen atoms in total. The summed E-state index contributed by atoms with van der Waals surface area (Å²) in [6.07, 6.45) is 0.594. The molecule has 0 aromatic rings. The second-order valence-electron chi connectivity index (χ2n) is 36.9. The normalized spacial score (nSPS) is 14.2. The number of carbonyl (C=O) groups excluding carboxylic acids is 5. The van der Waals surface area contributed by atoms with Gasteiger partial charge in [0.25, 0.3) is 0 Å². The van der Waals surface area contributed by atoms with Crippen LogP contribution in [0.1, 0.15) is 175 Å². The number of halogens is 3. The van der Waals surface area contributed by atoms with Crippen molar-refractivity contribution in [3.8, 4) is 0 Å². The van der Waals surface area contributed by atoms with Gasteiger partial charge in [0, 0.05) is 7.11 Å². The fourth-order valence-corrected chi connectivity index (χ4v) is 66.8. The predicted octanol–water partition coefficient (Wildman–Crippen LogP) is 18.8. The molecule has 116 heavy (non-hydrogen) atoms. The van der Waals surface area contributed by atoms with E-state index in [-0.39, 0.29) is 46.2 Å². The first-order chi connectivity index (χ1) is 51.1. The average molecular weight is 1980 g/mol. The molecule has 43 heteroatoms. The van der Waals surface area contributed by atoms with Crippen LogP contribution in [-0.2, 0) is 136 Å². The zero-order valence-corrected chi connectivity index (χ0v) is 92.4. The van der Waals surface area contributed by atoms with Crippen molar-refractivity contribution in [3.05, 3.63) is 0 Å². The van der Waals surface area contributed by atoms with Crippen LogP contribution in [0.5, 0.6) is 0 Å². The first kappa shape index (κ1) is 126. The van der Waals surface area contributed by atoms with E-state index in [1.54, 1.807) is 27.9 Å². The quantitative estimate of drug-likeness (QED) is 0.0194. The molecule has 0 saturated carbocycles. The van der Waals surface area contributed by atoms with E-state index in [2.05, 4.69) is 174 Å². The first-order valence-corrected chi connectivity index (χ1v) is 73.8. The fourth-order valence-electron chi connectivity index (χ4n) is 10.8. The average Bonchev–Trinajstić information content (AvgIpc) is 0.803. The summed E-state index contributed by atoms with van der Waals surface area (Å²) >= 11 is 0. The van der Waals surface area contributed by atoms with E-state index in [9.17, 15) is 54.9 Å². The van der Waals surface area contributed by atoms with Crippen molar-refractivity contribution in [1.82, 2.24) is 0 Å². The van der Waals surface area contributed by atoms with Crippen molar-refractivity contribution in [1.29, 1.82) is 0 Å². The summed E-state index contributed by atoms with van der Waals surface area (Å²) in [7, 11) is -31.3. The third-order valence-corrected chi connectivity index (χ3v) is 59.5. The molecule has 3 unspecified atom stereocenters. The third-order valence-electron chi connectivity index (χ3n) is 17.2. The maximum Gasteiger partial charge on any atom is 1.00 e. The predicted molar refractivity (Wildman–Crippen MR) is 472 cm³/mol. The van der Waals surface area contributed by atoms with E-state index >= 15 is 0 Å². The molecule has 3 atom stereocenters. The summed E-state index contributed by atoms with van der Waals surface area (Å²) in [5.41, 5.74) is -2.34. The van der Waals surface area contributed by atoms with Gasteiger partial charge in [-0.15, -0.1) is 0 Å². The van der Waals surface area contributed by atoms with Gasteiger partial charge in [-0.1, -0.05) is 74.7 Å². The number of methoxy groups -OCH3 is 1. The molecular weight excluding hydrogens is 1810 g/mol. The largest absolute Gasteiger partial charge is 1.00 e. The Morgan fingerprint density at radius 3 is 1.05 bits per heavy atom. The van der Waals surface area contributed by atoms with Gasteiger partial charge in [-0.05, 0) is 263 Å². The Labute approximate surface area is 727 Å². The summed E-state index contributed by atoms with van der Waals surface area (Å²) in [6.45, 7) is 79.9. The maximum atomic E-state index is 12.5. The van der Waals surface area contributed by atoms with Crippen LogP contribution in [0.25, 0.3) is 0 Å². The molecule has 698 valence electrons. The second kappa shape index (κ2) is 54.3. The fraction of sp³-hybridized carbons (Fsp3) is 0.918. The van der Waals surface area contributed by atoms with Gasteiger partial charge in [-0.3, -0.25) is 24.0 Å². The minimum absolute atomic E-state index is 0. The van der Waals surface area contributed by atoms with Gasteiger partial charge >= 0.3 is 141 Å². The van der Waals surface area contributed by atoms with Crippen molar-refractivity contribution < 1.29 is 157 Å². The van der Waals surface area contributed by atoms with Crippen LogP contribution in [0.15, 0.2) is 0 Å². The maximum absolute atomic E-state index is 12.5. The van der Waals surface area contributed by atoms with Gasteiger partial charge in [0.2, 0.25) is 6.10 Å². The molecule has 0 aliphatic rings. The van der Waals surface area contributed by atoms with E-state index in [1.807, 2.05) is 62.3 Å². The van der Waals surface area contributed by atoms with Crippen molar-refractivity contribution >= 4 is 140 Å². The minimum Gasteiger partial charge on any atom is -0.748 e. The zero-order valence-electron chi connectivity index (χ0n) is 79.1. The topological polar surface area (TPSA) is 337 Å². The van der Waals surface area contributed by atoms with Crippen LogP contribution in [0.4, 0.5) is 13.2 Å². The monoisotopic (exact) mass is 1970 g/mol. The number of unbranched alkanes of at least 4 members (excludes halogenated alkanes) is 1. The van der Waals surface area contributed by atoms with Crippen molar-refractivity contribution in [2.24, 2.45) is 33.5 Å². The van der Waals surface area contributed by atoms with E-state index < -0.39 is 168 Å². The van der Waals surface area contributed by atoms with E-state index in [0.29, 0.717) is 58.4 Å². The Morgan fingerprint density at radius 1 is 0.440 bits per heavy atom. The van der Waals surface area contributed by atoms with Gasteiger partial charge < -0.3 is 84.0 Å². The van der Waals surface area contributed by atoms with Gasteiger partial charge in [0.15, 0.2) is 23.2 Å². The van der Waals surface area contributed by atoms with Gasteiger partial charge in [0.1, 0.15) is 6.61 Å². The molecule has 0 spiro atoms. The SMILES string of the molecule is CCC(C)(C)C(=O)O.CCC(C)(C)C(=O)OCC(=O)OC(CS(=O)(=O)[O-])C(F)(F)F.CCC(C)(C)C(=O)OCCC[Si](C)(C)O[Si](C)(C)O[Si](C)(C)O[Si](C)(C)O[Si](C)(C)O[Si](C)(C)O[Si](C)(C)O[Si](C)(C)O[Si](C)(C)O[Si](C)(C)O[Si](C)(C)C.CCC(C)(C)C(=O)OCCOCCOC.CCCCC(CC)COC(=O)C(C)CC.[Ag+]. The van der Waals surface area contributed by atoms with Crippen molar-refractivity contribution in [3.63, 3.8) is 0 Å². The number of hydrogen-bond donors (Lipinski definition) is 1. The molecule has 0 fully saturated rings. The number of ether oxygens (including phenoxy) is 7. The van der Waals surface area contributed by atoms with Crippen LogP contribution in [0, 0.1) is 33.5 Å². The molecule has 0 heterocycles. The number of rotatable bonds is 51. The Hall–Kier alpha value is -0.834. The van der Waals surface area contributed by atoms with Crippen LogP contribution in [0.2, 0.25) is 157 Å². The second-order valence-corrected chi connectivity index (χ2v) is 80.0. The molecule has 0 rings (SSSR count). The molecule has 0 aliphatic heterocycles. The Balaban J connectivity index is -0.000000399. The molecule has 0 bridgehead atoms. The summed E-state index contributed by atoms with van der Waals surface area (Å²) in [5.74, 6) is -4.84. The van der Waals surface area contributed by atoms with Crippen LogP contribution < -0.4 is 0 Å². The Kier molecular flexibility index (Phi) is 58.9. The molecule has 1 N–H and O–H groups in total. The van der Waals surface area contributed by atoms with E-state index in [4.69, 9.17) is 69.9 Å².